The van der Waals surface area contributed by atoms with Gasteiger partial charge in [0.2, 0.25) is 0 Å². The normalized spacial score (nSPS) is 16.8. The van der Waals surface area contributed by atoms with Gasteiger partial charge >= 0.3 is 6.09 Å². The number of rotatable bonds is 5. The second kappa shape index (κ2) is 7.63. The maximum absolute atomic E-state index is 12.0. The number of amides is 1. The molecule has 0 atom stereocenters. The molecule has 0 radical (unpaired) electrons. The lowest BCUT2D eigenvalue weighted by molar-refractivity contribution is 0.0198. The summed E-state index contributed by atoms with van der Waals surface area (Å²) in [5.41, 5.74) is -0.418. The van der Waals surface area contributed by atoms with E-state index in [2.05, 4.69) is 10.4 Å². The van der Waals surface area contributed by atoms with Gasteiger partial charge in [0.05, 0.1) is 0 Å². The lowest BCUT2D eigenvalue weighted by Gasteiger charge is -2.33. The van der Waals surface area contributed by atoms with E-state index in [0.29, 0.717) is 6.04 Å². The van der Waals surface area contributed by atoms with Crippen LogP contribution in [0.5, 0.6) is 0 Å². The van der Waals surface area contributed by atoms with Crippen LogP contribution in [0, 0.1) is 0 Å². The molecule has 0 aromatic carbocycles. The summed E-state index contributed by atoms with van der Waals surface area (Å²) in [6.45, 7) is 9.17. The van der Waals surface area contributed by atoms with Crippen molar-refractivity contribution >= 4 is 6.09 Å². The van der Waals surface area contributed by atoms with E-state index in [0.717, 1.165) is 45.4 Å². The van der Waals surface area contributed by atoms with Gasteiger partial charge in [0.1, 0.15) is 5.60 Å². The summed E-state index contributed by atoms with van der Waals surface area (Å²) in [5, 5.41) is 7.76. The van der Waals surface area contributed by atoms with E-state index in [-0.39, 0.29) is 6.09 Å². The Labute approximate surface area is 132 Å². The maximum atomic E-state index is 12.0. The number of hydrogen-bond acceptors (Lipinski definition) is 4. The Morgan fingerprint density at radius 1 is 1.36 bits per heavy atom. The number of aryl methyl sites for hydroxylation is 1. The van der Waals surface area contributed by atoms with Gasteiger partial charge in [-0.1, -0.05) is 0 Å². The summed E-state index contributed by atoms with van der Waals surface area (Å²) in [5.74, 6) is 0. The molecule has 0 saturated carbocycles. The van der Waals surface area contributed by atoms with Crippen molar-refractivity contribution in [3.05, 3.63) is 18.5 Å². The molecule has 6 nitrogen and oxygen atoms in total. The van der Waals surface area contributed by atoms with Gasteiger partial charge in [-0.05, 0) is 52.6 Å². The number of carbonyl (C=O) groups is 1. The van der Waals surface area contributed by atoms with Crippen LogP contribution in [0.3, 0.4) is 0 Å². The molecule has 124 valence electrons. The van der Waals surface area contributed by atoms with Crippen LogP contribution in [-0.4, -0.2) is 52.1 Å². The lowest BCUT2D eigenvalue weighted by Crippen LogP contribution is -2.46. The zero-order chi connectivity index (χ0) is 16.0. The molecule has 6 heteroatoms. The second-order valence-electron chi connectivity index (χ2n) is 6.82. The van der Waals surface area contributed by atoms with E-state index in [4.69, 9.17) is 4.74 Å². The zero-order valence-corrected chi connectivity index (χ0v) is 13.9. The highest BCUT2D eigenvalue weighted by Gasteiger charge is 2.26. The molecule has 1 amide bonds. The smallest absolute Gasteiger partial charge is 0.410 e. The number of piperidine rings is 1. The molecule has 0 aliphatic carbocycles. The Balaban J connectivity index is 1.59. The molecule has 2 rings (SSSR count). The van der Waals surface area contributed by atoms with Crippen LogP contribution < -0.4 is 5.32 Å². The Morgan fingerprint density at radius 3 is 2.68 bits per heavy atom. The van der Waals surface area contributed by atoms with Gasteiger partial charge in [-0.3, -0.25) is 4.68 Å². The third-order valence-corrected chi connectivity index (χ3v) is 3.70. The maximum Gasteiger partial charge on any atom is 0.410 e. The fourth-order valence-corrected chi connectivity index (χ4v) is 2.57. The van der Waals surface area contributed by atoms with Gasteiger partial charge in [-0.2, -0.15) is 5.10 Å². The highest BCUT2D eigenvalue weighted by atomic mass is 16.6. The lowest BCUT2D eigenvalue weighted by atomic mass is 10.1. The van der Waals surface area contributed by atoms with E-state index in [1.807, 2.05) is 42.6 Å². The number of aromatic nitrogens is 2. The van der Waals surface area contributed by atoms with Crippen LogP contribution in [0.4, 0.5) is 4.79 Å². The van der Waals surface area contributed by atoms with Crippen LogP contribution in [0.25, 0.3) is 0 Å². The van der Waals surface area contributed by atoms with Crippen molar-refractivity contribution in [2.24, 2.45) is 0 Å². The molecule has 1 aromatic rings. The van der Waals surface area contributed by atoms with Gasteiger partial charge < -0.3 is 15.0 Å². The van der Waals surface area contributed by atoms with Crippen molar-refractivity contribution in [2.45, 2.75) is 58.2 Å². The molecule has 0 unspecified atom stereocenters. The molecular formula is C16H28N4O2. The van der Waals surface area contributed by atoms with Crippen molar-refractivity contribution in [2.75, 3.05) is 19.6 Å². The van der Waals surface area contributed by atoms with Gasteiger partial charge in [0.25, 0.3) is 0 Å². The van der Waals surface area contributed by atoms with E-state index < -0.39 is 5.60 Å². The summed E-state index contributed by atoms with van der Waals surface area (Å²) in [6.07, 6.45) is 6.64. The van der Waals surface area contributed by atoms with E-state index in [1.165, 1.54) is 0 Å². The summed E-state index contributed by atoms with van der Waals surface area (Å²) in [7, 11) is 0. The number of nitrogens with one attached hydrogen (secondary N) is 1. The van der Waals surface area contributed by atoms with E-state index >= 15 is 0 Å². The molecule has 0 spiro atoms. The quantitative estimate of drug-likeness (QED) is 0.848. The standard InChI is InChI=1S/C16H28N4O2/c1-16(2,3)22-15(21)19-12-6-14(7-13-19)17-8-4-10-20-11-5-9-18-20/h5,9,11,14,17H,4,6-8,10,12-13H2,1-3H3. The van der Waals surface area contributed by atoms with Gasteiger partial charge in [0.15, 0.2) is 0 Å². The van der Waals surface area contributed by atoms with Crippen molar-refractivity contribution < 1.29 is 9.53 Å². The Bertz CT molecular complexity index is 445. The molecule has 0 bridgehead atoms. The van der Waals surface area contributed by atoms with Crippen molar-refractivity contribution in [1.29, 1.82) is 0 Å². The summed E-state index contributed by atoms with van der Waals surface area (Å²) < 4.78 is 7.36. The molecule has 1 fully saturated rings. The van der Waals surface area contributed by atoms with Crippen LogP contribution in [0.2, 0.25) is 0 Å². The first-order valence-electron chi connectivity index (χ1n) is 8.13. The van der Waals surface area contributed by atoms with Crippen molar-refractivity contribution in [3.63, 3.8) is 0 Å². The van der Waals surface area contributed by atoms with Crippen molar-refractivity contribution in [1.82, 2.24) is 20.0 Å². The number of nitrogens with zero attached hydrogens (tertiary/aromatic N) is 3. The zero-order valence-electron chi connectivity index (χ0n) is 13.9. The summed E-state index contributed by atoms with van der Waals surface area (Å²) in [6, 6.07) is 2.44. The molecule has 1 saturated heterocycles. The molecule has 1 N–H and O–H groups in total. The molecule has 2 heterocycles. The molecule has 22 heavy (non-hydrogen) atoms. The van der Waals surface area contributed by atoms with E-state index in [1.54, 1.807) is 6.20 Å². The topological polar surface area (TPSA) is 59.4 Å². The third-order valence-electron chi connectivity index (χ3n) is 3.70. The predicted octanol–water partition coefficient (Wildman–Crippen LogP) is 2.26. The average Bonchev–Trinajstić information content (AvgIpc) is 2.95. The summed E-state index contributed by atoms with van der Waals surface area (Å²) in [4.78, 5) is 13.8. The Kier molecular flexibility index (Phi) is 5.83. The average molecular weight is 308 g/mol. The van der Waals surface area contributed by atoms with Crippen LogP contribution in [-0.2, 0) is 11.3 Å². The van der Waals surface area contributed by atoms with Crippen LogP contribution in [0.1, 0.15) is 40.0 Å². The predicted molar refractivity (Wildman–Crippen MR) is 85.7 cm³/mol. The van der Waals surface area contributed by atoms with Crippen LogP contribution in [0.15, 0.2) is 18.5 Å². The first-order chi connectivity index (χ1) is 10.4. The number of likely N-dealkylation sites (tertiary alicyclic amines) is 1. The molecule has 1 aliphatic rings. The fraction of sp³-hybridized carbons (Fsp3) is 0.750. The van der Waals surface area contributed by atoms with Gasteiger partial charge in [-0.15, -0.1) is 0 Å². The minimum absolute atomic E-state index is 0.190. The van der Waals surface area contributed by atoms with Gasteiger partial charge in [-0.25, -0.2) is 4.79 Å². The monoisotopic (exact) mass is 308 g/mol. The van der Waals surface area contributed by atoms with Gasteiger partial charge in [0, 0.05) is 38.1 Å². The van der Waals surface area contributed by atoms with E-state index in [9.17, 15) is 4.79 Å². The highest BCUT2D eigenvalue weighted by molar-refractivity contribution is 5.68. The molecule has 1 aromatic heterocycles. The molecule has 1 aliphatic heterocycles. The Hall–Kier alpha value is -1.56. The minimum atomic E-state index is -0.418. The van der Waals surface area contributed by atoms with Crippen molar-refractivity contribution in [3.8, 4) is 0 Å². The summed E-state index contributed by atoms with van der Waals surface area (Å²) >= 11 is 0. The number of carbonyl (C=O) groups excluding carboxylic acids is 1. The SMILES string of the molecule is CC(C)(C)OC(=O)N1CCC(NCCCn2cccn2)CC1. The highest BCUT2D eigenvalue weighted by Crippen LogP contribution is 2.15. The Morgan fingerprint density at radius 2 is 2.09 bits per heavy atom. The largest absolute Gasteiger partial charge is 0.444 e. The number of ether oxygens (including phenoxy) is 1. The fourth-order valence-electron chi connectivity index (χ4n) is 2.57. The van der Waals surface area contributed by atoms with Crippen LogP contribution >= 0.6 is 0 Å². The minimum Gasteiger partial charge on any atom is -0.444 e. The first-order valence-corrected chi connectivity index (χ1v) is 8.13. The third kappa shape index (κ3) is 5.67. The first kappa shape index (κ1) is 16.8. The second-order valence-corrected chi connectivity index (χ2v) is 6.82. The number of hydrogen-bond donors (Lipinski definition) is 1. The molecular weight excluding hydrogens is 280 g/mol.